The van der Waals surface area contributed by atoms with Crippen molar-refractivity contribution in [1.29, 1.82) is 5.26 Å². The fourth-order valence-corrected chi connectivity index (χ4v) is 2.39. The zero-order chi connectivity index (χ0) is 17.2. The van der Waals surface area contributed by atoms with E-state index in [-0.39, 0.29) is 17.5 Å². The second-order valence-electron chi connectivity index (χ2n) is 6.56. The summed E-state index contributed by atoms with van der Waals surface area (Å²) in [6, 6.07) is 9.71. The maximum Gasteiger partial charge on any atom is 0.331 e. The lowest BCUT2D eigenvalue weighted by Gasteiger charge is -2.19. The lowest BCUT2D eigenvalue weighted by atomic mass is 9.87. The topological polar surface area (TPSA) is 67.8 Å². The smallest absolute Gasteiger partial charge is 0.299 e. The van der Waals surface area contributed by atoms with Crippen LogP contribution in [0.2, 0.25) is 0 Å². The lowest BCUT2D eigenvalue weighted by molar-refractivity contribution is 0.586. The van der Waals surface area contributed by atoms with E-state index in [1.54, 1.807) is 6.92 Å². The summed E-state index contributed by atoms with van der Waals surface area (Å²) in [5.74, 6) is 0. The number of nitrogens with zero attached hydrogens (tertiary/aromatic N) is 3. The Bertz CT molecular complexity index is 860. The minimum atomic E-state index is -0.540. The van der Waals surface area contributed by atoms with Crippen molar-refractivity contribution < 1.29 is 0 Å². The number of aryl methyl sites for hydroxylation is 1. The third-order valence-electron chi connectivity index (χ3n) is 3.86. The Morgan fingerprint density at radius 3 is 2.22 bits per heavy atom. The van der Waals surface area contributed by atoms with Gasteiger partial charge in [0.25, 0.3) is 5.56 Å². The molecule has 5 heteroatoms. The van der Waals surface area contributed by atoms with E-state index < -0.39 is 11.2 Å². The molecule has 0 atom stereocenters. The molecule has 0 aliphatic rings. The number of nitriles is 1. The number of benzene rings is 1. The minimum absolute atomic E-state index is 0.0160. The first-order chi connectivity index (χ1) is 10.8. The van der Waals surface area contributed by atoms with Gasteiger partial charge in [-0.05, 0) is 23.5 Å². The maximum atomic E-state index is 12.3. The average molecular weight is 311 g/mol. The Kier molecular flexibility index (Phi) is 4.55. The Morgan fingerprint density at radius 2 is 1.74 bits per heavy atom. The van der Waals surface area contributed by atoms with E-state index >= 15 is 0 Å². The highest BCUT2D eigenvalue weighted by Crippen LogP contribution is 2.22. The number of hydrogen-bond donors (Lipinski definition) is 0. The Labute approximate surface area is 135 Å². The predicted octanol–water partition coefficient (Wildman–Crippen LogP) is 2.25. The fraction of sp³-hybridized carbons (Fsp3) is 0.389. The van der Waals surface area contributed by atoms with Gasteiger partial charge in [0, 0.05) is 12.7 Å². The summed E-state index contributed by atoms with van der Waals surface area (Å²) in [4.78, 5) is 24.6. The molecule has 0 aliphatic carbocycles. The average Bonchev–Trinajstić information content (AvgIpc) is 2.51. The Balaban J connectivity index is 2.47. The molecular weight excluding hydrogens is 290 g/mol. The van der Waals surface area contributed by atoms with Crippen LogP contribution in [0.25, 0.3) is 0 Å². The molecule has 5 nitrogen and oxygen atoms in total. The van der Waals surface area contributed by atoms with Crippen LogP contribution in [0.3, 0.4) is 0 Å². The van der Waals surface area contributed by atoms with Crippen LogP contribution in [-0.2, 0) is 18.5 Å². The molecule has 0 aliphatic heterocycles. The van der Waals surface area contributed by atoms with Gasteiger partial charge in [0.2, 0.25) is 0 Å². The summed E-state index contributed by atoms with van der Waals surface area (Å²) in [5.41, 5.74) is 1.14. The molecule has 1 heterocycles. The first-order valence-corrected chi connectivity index (χ1v) is 7.61. The zero-order valence-electron chi connectivity index (χ0n) is 14.0. The van der Waals surface area contributed by atoms with Crippen molar-refractivity contribution in [2.75, 3.05) is 0 Å². The SMILES string of the molecule is CCn1cc(C#N)c(=O)n(Cc2ccc(C(C)(C)C)cc2)c1=O. The normalized spacial score (nSPS) is 11.3. The van der Waals surface area contributed by atoms with Gasteiger partial charge in [-0.25, -0.2) is 4.79 Å². The molecule has 0 bridgehead atoms. The summed E-state index contributed by atoms with van der Waals surface area (Å²) in [7, 11) is 0. The Morgan fingerprint density at radius 1 is 1.13 bits per heavy atom. The van der Waals surface area contributed by atoms with Crippen LogP contribution in [0.5, 0.6) is 0 Å². The second-order valence-corrected chi connectivity index (χ2v) is 6.56. The molecule has 0 spiro atoms. The van der Waals surface area contributed by atoms with E-state index in [2.05, 4.69) is 20.8 Å². The van der Waals surface area contributed by atoms with Crippen molar-refractivity contribution >= 4 is 0 Å². The van der Waals surface area contributed by atoms with Gasteiger partial charge in [0.15, 0.2) is 0 Å². The van der Waals surface area contributed by atoms with Gasteiger partial charge in [-0.1, -0.05) is 45.0 Å². The molecule has 0 saturated carbocycles. The van der Waals surface area contributed by atoms with E-state index in [9.17, 15) is 9.59 Å². The molecule has 0 saturated heterocycles. The fourth-order valence-electron chi connectivity index (χ4n) is 2.39. The van der Waals surface area contributed by atoms with Gasteiger partial charge in [0.05, 0.1) is 6.54 Å². The van der Waals surface area contributed by atoms with Gasteiger partial charge >= 0.3 is 5.69 Å². The quantitative estimate of drug-likeness (QED) is 0.873. The minimum Gasteiger partial charge on any atom is -0.299 e. The summed E-state index contributed by atoms with van der Waals surface area (Å²) in [5, 5.41) is 9.07. The lowest BCUT2D eigenvalue weighted by Crippen LogP contribution is -2.40. The van der Waals surface area contributed by atoms with Crippen molar-refractivity contribution in [3.8, 4) is 6.07 Å². The highest BCUT2D eigenvalue weighted by atomic mass is 16.2. The van der Waals surface area contributed by atoms with Crippen LogP contribution >= 0.6 is 0 Å². The Hall–Kier alpha value is -2.61. The number of aromatic nitrogens is 2. The van der Waals surface area contributed by atoms with Gasteiger partial charge in [-0.15, -0.1) is 0 Å². The van der Waals surface area contributed by atoms with Crippen molar-refractivity contribution in [2.45, 2.75) is 46.2 Å². The molecule has 0 N–H and O–H groups in total. The maximum absolute atomic E-state index is 12.3. The first-order valence-electron chi connectivity index (χ1n) is 7.61. The highest BCUT2D eigenvalue weighted by Gasteiger charge is 2.14. The summed E-state index contributed by atoms with van der Waals surface area (Å²) in [6.45, 7) is 8.76. The molecule has 120 valence electrons. The van der Waals surface area contributed by atoms with Crippen molar-refractivity contribution in [2.24, 2.45) is 0 Å². The van der Waals surface area contributed by atoms with E-state index in [0.717, 1.165) is 10.1 Å². The standard InChI is InChI=1S/C18H21N3O2/c1-5-20-12-14(10-19)16(22)21(17(20)23)11-13-6-8-15(9-7-13)18(2,3)4/h6-9,12H,5,11H2,1-4H3. The van der Waals surface area contributed by atoms with Crippen molar-refractivity contribution in [1.82, 2.24) is 9.13 Å². The van der Waals surface area contributed by atoms with Crippen LogP contribution in [0.4, 0.5) is 0 Å². The predicted molar refractivity (Wildman–Crippen MR) is 89.6 cm³/mol. The molecule has 0 unspecified atom stereocenters. The van der Waals surface area contributed by atoms with Gasteiger partial charge in [-0.2, -0.15) is 5.26 Å². The van der Waals surface area contributed by atoms with Crippen LogP contribution < -0.4 is 11.2 Å². The molecular formula is C18H21N3O2. The molecule has 23 heavy (non-hydrogen) atoms. The van der Waals surface area contributed by atoms with Gasteiger partial charge < -0.3 is 0 Å². The summed E-state index contributed by atoms with van der Waals surface area (Å²) in [6.07, 6.45) is 1.32. The zero-order valence-corrected chi connectivity index (χ0v) is 14.0. The number of rotatable bonds is 3. The molecule has 1 aromatic heterocycles. The van der Waals surface area contributed by atoms with Crippen LogP contribution in [-0.4, -0.2) is 9.13 Å². The highest BCUT2D eigenvalue weighted by molar-refractivity contribution is 5.28. The molecule has 0 radical (unpaired) electrons. The molecule has 1 aromatic carbocycles. The summed E-state index contributed by atoms with van der Waals surface area (Å²) >= 11 is 0. The largest absolute Gasteiger partial charge is 0.331 e. The second kappa shape index (κ2) is 6.25. The van der Waals surface area contributed by atoms with E-state index in [0.29, 0.717) is 6.54 Å². The molecule has 0 fully saturated rings. The van der Waals surface area contributed by atoms with Crippen LogP contribution in [0.1, 0.15) is 44.4 Å². The third kappa shape index (κ3) is 3.42. The molecule has 2 rings (SSSR count). The summed E-state index contributed by atoms with van der Waals surface area (Å²) < 4.78 is 2.50. The third-order valence-corrected chi connectivity index (χ3v) is 3.86. The van der Waals surface area contributed by atoms with Gasteiger partial charge in [-0.3, -0.25) is 13.9 Å². The van der Waals surface area contributed by atoms with E-state index in [1.807, 2.05) is 30.3 Å². The first kappa shape index (κ1) is 16.8. The van der Waals surface area contributed by atoms with Crippen LogP contribution in [0, 0.1) is 11.3 Å². The molecule has 0 amide bonds. The van der Waals surface area contributed by atoms with Gasteiger partial charge in [0.1, 0.15) is 11.6 Å². The van der Waals surface area contributed by atoms with Crippen molar-refractivity contribution in [3.05, 3.63) is 68.0 Å². The van der Waals surface area contributed by atoms with E-state index in [1.165, 1.54) is 16.3 Å². The monoisotopic (exact) mass is 311 g/mol. The molecule has 2 aromatic rings. The number of hydrogen-bond acceptors (Lipinski definition) is 3. The van der Waals surface area contributed by atoms with E-state index in [4.69, 9.17) is 5.26 Å². The van der Waals surface area contributed by atoms with Crippen LogP contribution in [0.15, 0.2) is 40.1 Å². The van der Waals surface area contributed by atoms with Crippen molar-refractivity contribution in [3.63, 3.8) is 0 Å².